The third-order valence-electron chi connectivity index (χ3n) is 6.98. The highest BCUT2D eigenvalue weighted by molar-refractivity contribution is 7.12. The summed E-state index contributed by atoms with van der Waals surface area (Å²) >= 11 is 7.08. The number of nitrogens with zero attached hydrogens (tertiary/aromatic N) is 3. The van der Waals surface area contributed by atoms with Crippen LogP contribution in [-0.2, 0) is 17.9 Å². The molecule has 3 aromatic heterocycles. The number of carboxylic acids is 1. The van der Waals surface area contributed by atoms with Gasteiger partial charge < -0.3 is 20.1 Å². The number of hydrogen-bond acceptors (Lipinski definition) is 6. The predicted molar refractivity (Wildman–Crippen MR) is 156 cm³/mol. The van der Waals surface area contributed by atoms with Crippen molar-refractivity contribution in [1.82, 2.24) is 14.5 Å². The Morgan fingerprint density at radius 1 is 1.26 bits per heavy atom. The Balaban J connectivity index is 1.50. The fraction of sp³-hybridized carbons (Fsp3) is 0.321. The molecule has 1 atom stereocenters. The van der Waals surface area contributed by atoms with Crippen LogP contribution >= 0.6 is 22.9 Å². The summed E-state index contributed by atoms with van der Waals surface area (Å²) in [5.74, 6) is -1.43. The molecule has 1 aromatic carbocycles. The Bertz CT molecular complexity index is 1550. The van der Waals surface area contributed by atoms with Crippen LogP contribution in [0.25, 0.3) is 22.4 Å². The Morgan fingerprint density at radius 3 is 2.77 bits per heavy atom. The van der Waals surface area contributed by atoms with Crippen molar-refractivity contribution >= 4 is 42.7 Å². The summed E-state index contributed by atoms with van der Waals surface area (Å²) in [6.07, 6.45) is 4.99. The van der Waals surface area contributed by atoms with Gasteiger partial charge in [0.1, 0.15) is 17.4 Å². The smallest absolute Gasteiger partial charge is 0.348 e. The predicted octanol–water partition coefficient (Wildman–Crippen LogP) is 7.14. The topological polar surface area (TPSA) is 103 Å². The van der Waals surface area contributed by atoms with Gasteiger partial charge in [-0.15, -0.1) is 11.3 Å². The molecule has 11 heteroatoms. The largest absolute Gasteiger partial charge is 0.477 e. The summed E-state index contributed by atoms with van der Waals surface area (Å²) in [7, 11) is -1.30. The van der Waals surface area contributed by atoms with E-state index < -0.39 is 19.9 Å². The van der Waals surface area contributed by atoms with Crippen molar-refractivity contribution in [2.24, 2.45) is 0 Å². The number of carboxylic acid groups (broad SMARTS) is 1. The summed E-state index contributed by atoms with van der Waals surface area (Å²) in [6, 6.07) is 8.47. The van der Waals surface area contributed by atoms with E-state index in [0.717, 1.165) is 58.4 Å². The van der Waals surface area contributed by atoms with E-state index in [-0.39, 0.29) is 23.1 Å². The minimum absolute atomic E-state index is 0.110. The van der Waals surface area contributed by atoms with Crippen molar-refractivity contribution in [3.63, 3.8) is 0 Å². The molecule has 0 radical (unpaired) electrons. The molecule has 4 aromatic rings. The summed E-state index contributed by atoms with van der Waals surface area (Å²) in [5, 5.41) is 11.5. The Hall–Kier alpha value is -3.05. The molecule has 0 aliphatic heterocycles. The molecule has 3 N–H and O–H groups in total. The number of aryl methyl sites for hydroxylation is 1. The number of pyridine rings is 1. The van der Waals surface area contributed by atoms with Gasteiger partial charge in [-0.1, -0.05) is 31.2 Å². The average molecular weight is 585 g/mol. The lowest BCUT2D eigenvalue weighted by atomic mass is 10.0. The second-order valence-corrected chi connectivity index (χ2v) is 17.9. The number of benzene rings is 1. The number of ether oxygens (including phenoxy) is 1. The molecular formula is C28H30ClFN4O3SSi. The number of aromatic carboxylic acids is 1. The molecule has 0 saturated heterocycles. The highest BCUT2D eigenvalue weighted by Gasteiger charge is 2.32. The number of fused-ring (bicyclic) bond motifs is 1. The van der Waals surface area contributed by atoms with Crippen molar-refractivity contribution in [3.05, 3.63) is 74.8 Å². The van der Waals surface area contributed by atoms with Gasteiger partial charge in [-0.25, -0.2) is 14.2 Å². The van der Waals surface area contributed by atoms with Gasteiger partial charge in [0.2, 0.25) is 0 Å². The van der Waals surface area contributed by atoms with E-state index in [1.54, 1.807) is 24.5 Å². The summed E-state index contributed by atoms with van der Waals surface area (Å²) in [5.41, 5.74) is 11.3. The molecule has 1 aliphatic carbocycles. The normalized spacial score (nSPS) is 15.1. The van der Waals surface area contributed by atoms with Crippen LogP contribution in [0.1, 0.15) is 39.1 Å². The zero-order valence-corrected chi connectivity index (χ0v) is 24.6. The molecule has 1 aliphatic rings. The number of nitrogens with two attached hydrogens (primary N) is 1. The van der Waals surface area contributed by atoms with Crippen molar-refractivity contribution < 1.29 is 19.0 Å². The molecule has 3 heterocycles. The first-order valence-electron chi connectivity index (χ1n) is 12.7. The van der Waals surface area contributed by atoms with Crippen molar-refractivity contribution in [2.75, 3.05) is 12.3 Å². The van der Waals surface area contributed by atoms with Crippen LogP contribution in [0.15, 0.2) is 42.0 Å². The van der Waals surface area contributed by atoms with Crippen LogP contribution in [0.2, 0.25) is 30.7 Å². The fourth-order valence-electron chi connectivity index (χ4n) is 4.86. The van der Waals surface area contributed by atoms with E-state index in [4.69, 9.17) is 32.0 Å². The lowest BCUT2D eigenvalue weighted by molar-refractivity contribution is 0.0698. The molecule has 0 spiro atoms. The highest BCUT2D eigenvalue weighted by atomic mass is 35.5. The molecule has 0 amide bonds. The second-order valence-electron chi connectivity index (χ2n) is 11.0. The van der Waals surface area contributed by atoms with Crippen LogP contribution in [0, 0.1) is 5.82 Å². The number of imidazole rings is 1. The third-order valence-corrected chi connectivity index (χ3v) is 9.86. The van der Waals surface area contributed by atoms with Gasteiger partial charge >= 0.3 is 5.97 Å². The SMILES string of the molecule is C[Si](C)(C)CCOCn1c(-c2csc(C(=O)O)c2F)cnc1C1CCc2cc(-c3cc(Cl)ccc3N)cnc21. The summed E-state index contributed by atoms with van der Waals surface area (Å²) < 4.78 is 23.0. The standard InChI is InChI=1S/C28H30ClFN4O3SSi/c1-39(2,3)9-8-37-15-34-23(21-14-38-26(24(21)30)28(35)36)13-33-27(34)19-6-4-16-10-17(12-32-25(16)19)20-11-18(29)5-7-22(20)31/h5,7,10-14,19H,4,6,8-9,15,31H2,1-3H3,(H,35,36). The van der Waals surface area contributed by atoms with Gasteiger partial charge in [0.05, 0.1) is 23.5 Å². The zero-order chi connectivity index (χ0) is 27.9. The molecule has 0 bridgehead atoms. The van der Waals surface area contributed by atoms with Gasteiger partial charge in [0, 0.05) is 53.7 Å². The number of aromatic nitrogens is 3. The quantitative estimate of drug-likeness (QED) is 0.123. The van der Waals surface area contributed by atoms with E-state index >= 15 is 4.39 Å². The van der Waals surface area contributed by atoms with Gasteiger partial charge in [-0.2, -0.15) is 0 Å². The van der Waals surface area contributed by atoms with Gasteiger partial charge in [0.25, 0.3) is 0 Å². The minimum Gasteiger partial charge on any atom is -0.477 e. The molecule has 1 unspecified atom stereocenters. The first-order valence-corrected chi connectivity index (χ1v) is 17.7. The van der Waals surface area contributed by atoms with E-state index in [2.05, 4.69) is 25.7 Å². The number of nitrogen functional groups attached to an aromatic ring is 1. The molecule has 0 fully saturated rings. The fourth-order valence-corrected chi connectivity index (χ4v) is 6.57. The number of rotatable bonds is 9. The zero-order valence-electron chi connectivity index (χ0n) is 22.0. The van der Waals surface area contributed by atoms with E-state index in [0.29, 0.717) is 23.0 Å². The first kappa shape index (κ1) is 27.5. The number of thiophene rings is 1. The lowest BCUT2D eigenvalue weighted by Gasteiger charge is -2.19. The molecule has 7 nitrogen and oxygen atoms in total. The number of anilines is 1. The Morgan fingerprint density at radius 2 is 2.05 bits per heavy atom. The lowest BCUT2D eigenvalue weighted by Crippen LogP contribution is -2.22. The van der Waals surface area contributed by atoms with E-state index in [1.165, 1.54) is 5.38 Å². The first-order chi connectivity index (χ1) is 18.5. The van der Waals surface area contributed by atoms with Gasteiger partial charge in [-0.3, -0.25) is 4.98 Å². The highest BCUT2D eigenvalue weighted by Crippen LogP contribution is 2.41. The van der Waals surface area contributed by atoms with Crippen LogP contribution < -0.4 is 5.73 Å². The molecular weight excluding hydrogens is 555 g/mol. The van der Waals surface area contributed by atoms with Crippen molar-refractivity contribution in [2.45, 2.75) is 51.2 Å². The maximum Gasteiger partial charge on any atom is 0.348 e. The maximum absolute atomic E-state index is 15.1. The van der Waals surface area contributed by atoms with Crippen LogP contribution in [0.3, 0.4) is 0 Å². The van der Waals surface area contributed by atoms with E-state index in [1.807, 2.05) is 10.6 Å². The number of halogens is 2. The Labute approximate surface area is 236 Å². The van der Waals surface area contributed by atoms with Crippen LogP contribution in [0.5, 0.6) is 0 Å². The maximum atomic E-state index is 15.1. The van der Waals surface area contributed by atoms with E-state index in [9.17, 15) is 9.90 Å². The molecule has 5 rings (SSSR count). The summed E-state index contributed by atoms with van der Waals surface area (Å²) in [6.45, 7) is 7.62. The van der Waals surface area contributed by atoms with Gasteiger partial charge in [-0.05, 0) is 48.7 Å². The van der Waals surface area contributed by atoms with Crippen LogP contribution in [0.4, 0.5) is 10.1 Å². The number of hydrogen-bond donors (Lipinski definition) is 2. The summed E-state index contributed by atoms with van der Waals surface area (Å²) in [4.78, 5) is 20.7. The third kappa shape index (κ3) is 5.65. The molecule has 204 valence electrons. The van der Waals surface area contributed by atoms with Crippen molar-refractivity contribution in [1.29, 1.82) is 0 Å². The Kier molecular flexibility index (Phi) is 7.65. The van der Waals surface area contributed by atoms with Crippen LogP contribution in [-0.4, -0.2) is 40.3 Å². The molecule has 0 saturated carbocycles. The van der Waals surface area contributed by atoms with Crippen molar-refractivity contribution in [3.8, 4) is 22.4 Å². The monoisotopic (exact) mass is 584 g/mol. The van der Waals surface area contributed by atoms with Gasteiger partial charge in [0.15, 0.2) is 5.82 Å². The second kappa shape index (κ2) is 10.8. The minimum atomic E-state index is -1.30. The average Bonchev–Trinajstić information content (AvgIpc) is 3.58. The molecule has 39 heavy (non-hydrogen) atoms. The number of carbonyl (C=O) groups is 1.